The van der Waals surface area contributed by atoms with E-state index in [4.69, 9.17) is 5.73 Å². The maximum Gasteiger partial charge on any atom is 0.0221 e. The lowest BCUT2D eigenvalue weighted by Gasteiger charge is -2.40. The van der Waals surface area contributed by atoms with Crippen molar-refractivity contribution in [1.29, 1.82) is 0 Å². The average molecular weight is 260 g/mol. The molecule has 2 N–H and O–H groups in total. The number of benzene rings is 1. The smallest absolute Gasteiger partial charge is 0.0221 e. The molecule has 3 atom stereocenters. The highest BCUT2D eigenvalue weighted by molar-refractivity contribution is 5.14. The maximum atomic E-state index is 6.01. The summed E-state index contributed by atoms with van der Waals surface area (Å²) in [5.74, 6) is 1.67. The molecule has 3 unspecified atom stereocenters. The normalized spacial score (nSPS) is 26.3. The molecule has 0 aliphatic carbocycles. The number of hydrogen-bond donors (Lipinski definition) is 1. The molecule has 0 radical (unpaired) electrons. The number of rotatable bonds is 5. The van der Waals surface area contributed by atoms with Crippen molar-refractivity contribution in [2.45, 2.75) is 39.2 Å². The number of likely N-dealkylation sites (tertiary alicyclic amines) is 1. The van der Waals surface area contributed by atoms with Crippen LogP contribution in [0.4, 0.5) is 0 Å². The summed E-state index contributed by atoms with van der Waals surface area (Å²) >= 11 is 0. The molecule has 0 saturated carbocycles. The molecular weight excluding hydrogens is 232 g/mol. The van der Waals surface area contributed by atoms with E-state index in [0.717, 1.165) is 24.8 Å². The first kappa shape index (κ1) is 14.5. The number of nitrogens with two attached hydrogens (primary N) is 1. The minimum absolute atomic E-state index is 0.551. The van der Waals surface area contributed by atoms with Crippen LogP contribution in [0.5, 0.6) is 0 Å². The van der Waals surface area contributed by atoms with Crippen LogP contribution in [0.25, 0.3) is 0 Å². The SMILES string of the molecule is CC1CCN(C(CN)CCc2ccccc2)CC1C. The lowest BCUT2D eigenvalue weighted by atomic mass is 9.87. The van der Waals surface area contributed by atoms with E-state index in [0.29, 0.717) is 6.04 Å². The number of hydrogen-bond acceptors (Lipinski definition) is 2. The second-order valence-corrected chi connectivity index (χ2v) is 6.15. The van der Waals surface area contributed by atoms with Gasteiger partial charge >= 0.3 is 0 Å². The van der Waals surface area contributed by atoms with Crippen LogP contribution in [-0.4, -0.2) is 30.6 Å². The van der Waals surface area contributed by atoms with Crippen molar-refractivity contribution in [3.05, 3.63) is 35.9 Å². The average Bonchev–Trinajstić information content (AvgIpc) is 2.44. The van der Waals surface area contributed by atoms with Crippen molar-refractivity contribution in [3.8, 4) is 0 Å². The van der Waals surface area contributed by atoms with Crippen molar-refractivity contribution in [2.24, 2.45) is 17.6 Å². The number of piperidine rings is 1. The standard InChI is InChI=1S/C17H28N2/c1-14-10-11-19(13-15(14)2)17(12-18)9-8-16-6-4-3-5-7-16/h3-7,14-15,17H,8-13,18H2,1-2H3. The van der Waals surface area contributed by atoms with Gasteiger partial charge in [-0.1, -0.05) is 44.2 Å². The second kappa shape index (κ2) is 7.06. The Labute approximate surface area is 118 Å². The molecule has 2 heteroatoms. The summed E-state index contributed by atoms with van der Waals surface area (Å²) in [5.41, 5.74) is 7.44. The van der Waals surface area contributed by atoms with Crippen molar-refractivity contribution in [1.82, 2.24) is 4.90 Å². The third-order valence-electron chi connectivity index (χ3n) is 4.76. The first-order valence-corrected chi connectivity index (χ1v) is 7.68. The zero-order valence-electron chi connectivity index (χ0n) is 12.4. The van der Waals surface area contributed by atoms with Gasteiger partial charge in [0.1, 0.15) is 0 Å². The molecule has 19 heavy (non-hydrogen) atoms. The van der Waals surface area contributed by atoms with Crippen LogP contribution in [-0.2, 0) is 6.42 Å². The quantitative estimate of drug-likeness (QED) is 0.882. The molecule has 2 nitrogen and oxygen atoms in total. The molecule has 0 aromatic heterocycles. The van der Waals surface area contributed by atoms with Crippen molar-refractivity contribution >= 4 is 0 Å². The van der Waals surface area contributed by atoms with Crippen molar-refractivity contribution < 1.29 is 0 Å². The topological polar surface area (TPSA) is 29.3 Å². The zero-order valence-corrected chi connectivity index (χ0v) is 12.4. The van der Waals surface area contributed by atoms with E-state index >= 15 is 0 Å². The van der Waals surface area contributed by atoms with Crippen LogP contribution in [0.3, 0.4) is 0 Å². The van der Waals surface area contributed by atoms with Gasteiger partial charge in [-0.2, -0.15) is 0 Å². The van der Waals surface area contributed by atoms with Gasteiger partial charge in [0.05, 0.1) is 0 Å². The fourth-order valence-corrected chi connectivity index (χ4v) is 3.05. The summed E-state index contributed by atoms with van der Waals surface area (Å²) < 4.78 is 0. The van der Waals surface area contributed by atoms with Gasteiger partial charge in [-0.25, -0.2) is 0 Å². The summed E-state index contributed by atoms with van der Waals surface area (Å²) in [4.78, 5) is 2.62. The van der Waals surface area contributed by atoms with E-state index in [2.05, 4.69) is 49.1 Å². The van der Waals surface area contributed by atoms with Crippen LogP contribution in [0.1, 0.15) is 32.3 Å². The summed E-state index contributed by atoms with van der Waals surface area (Å²) in [6.07, 6.45) is 3.65. The van der Waals surface area contributed by atoms with E-state index in [1.807, 2.05) is 0 Å². The van der Waals surface area contributed by atoms with Gasteiger partial charge in [0.15, 0.2) is 0 Å². The van der Waals surface area contributed by atoms with E-state index in [9.17, 15) is 0 Å². The van der Waals surface area contributed by atoms with Crippen LogP contribution in [0.15, 0.2) is 30.3 Å². The molecule has 1 aliphatic heterocycles. The Morgan fingerprint density at radius 3 is 2.58 bits per heavy atom. The van der Waals surface area contributed by atoms with Gasteiger partial charge in [-0.05, 0) is 43.2 Å². The van der Waals surface area contributed by atoms with Crippen LogP contribution in [0.2, 0.25) is 0 Å². The van der Waals surface area contributed by atoms with Gasteiger partial charge in [-0.15, -0.1) is 0 Å². The maximum absolute atomic E-state index is 6.01. The Kier molecular flexibility index (Phi) is 5.41. The van der Waals surface area contributed by atoms with Crippen LogP contribution < -0.4 is 5.73 Å². The molecule has 1 saturated heterocycles. The second-order valence-electron chi connectivity index (χ2n) is 6.15. The predicted octanol–water partition coefficient (Wildman–Crippen LogP) is 2.92. The molecule has 0 spiro atoms. The van der Waals surface area contributed by atoms with Gasteiger partial charge < -0.3 is 5.73 Å². The Hall–Kier alpha value is -0.860. The highest BCUT2D eigenvalue weighted by atomic mass is 15.2. The fraction of sp³-hybridized carbons (Fsp3) is 0.647. The molecule has 0 amide bonds. The Morgan fingerprint density at radius 1 is 1.21 bits per heavy atom. The van der Waals surface area contributed by atoms with Crippen LogP contribution in [0, 0.1) is 11.8 Å². The summed E-state index contributed by atoms with van der Waals surface area (Å²) in [6.45, 7) is 7.99. The molecular formula is C17H28N2. The highest BCUT2D eigenvalue weighted by Gasteiger charge is 2.26. The monoisotopic (exact) mass is 260 g/mol. The van der Waals surface area contributed by atoms with E-state index < -0.39 is 0 Å². The molecule has 2 rings (SSSR count). The lowest BCUT2D eigenvalue weighted by Crippen LogP contribution is -2.47. The van der Waals surface area contributed by atoms with E-state index in [-0.39, 0.29) is 0 Å². The summed E-state index contributed by atoms with van der Waals surface area (Å²) in [7, 11) is 0. The Bertz CT molecular complexity index is 363. The zero-order chi connectivity index (χ0) is 13.7. The number of nitrogens with zero attached hydrogens (tertiary/aromatic N) is 1. The van der Waals surface area contributed by atoms with Crippen LogP contribution >= 0.6 is 0 Å². The third kappa shape index (κ3) is 4.05. The third-order valence-corrected chi connectivity index (χ3v) is 4.76. The first-order chi connectivity index (χ1) is 9.20. The van der Waals surface area contributed by atoms with Gasteiger partial charge in [0.25, 0.3) is 0 Å². The molecule has 1 aromatic carbocycles. The molecule has 0 bridgehead atoms. The lowest BCUT2D eigenvalue weighted by molar-refractivity contribution is 0.0944. The molecule has 1 heterocycles. The van der Waals surface area contributed by atoms with Gasteiger partial charge in [0, 0.05) is 19.1 Å². The largest absolute Gasteiger partial charge is 0.329 e. The van der Waals surface area contributed by atoms with Gasteiger partial charge in [-0.3, -0.25) is 4.90 Å². The molecule has 1 fully saturated rings. The molecule has 1 aliphatic rings. The van der Waals surface area contributed by atoms with E-state index in [1.54, 1.807) is 0 Å². The Morgan fingerprint density at radius 2 is 1.95 bits per heavy atom. The predicted molar refractivity (Wildman–Crippen MR) is 82.1 cm³/mol. The highest BCUT2D eigenvalue weighted by Crippen LogP contribution is 2.24. The summed E-state index contributed by atoms with van der Waals surface area (Å²) in [6, 6.07) is 11.3. The Balaban J connectivity index is 1.86. The minimum Gasteiger partial charge on any atom is -0.329 e. The summed E-state index contributed by atoms with van der Waals surface area (Å²) in [5, 5.41) is 0. The van der Waals surface area contributed by atoms with E-state index in [1.165, 1.54) is 31.5 Å². The van der Waals surface area contributed by atoms with Gasteiger partial charge in [0.2, 0.25) is 0 Å². The molecule has 106 valence electrons. The molecule has 1 aromatic rings. The first-order valence-electron chi connectivity index (χ1n) is 7.68. The van der Waals surface area contributed by atoms with Crippen molar-refractivity contribution in [3.63, 3.8) is 0 Å². The minimum atomic E-state index is 0.551. The fourth-order valence-electron chi connectivity index (χ4n) is 3.05. The van der Waals surface area contributed by atoms with Crippen molar-refractivity contribution in [2.75, 3.05) is 19.6 Å². The number of aryl methyl sites for hydroxylation is 1.